The van der Waals surface area contributed by atoms with E-state index in [-0.39, 0.29) is 5.97 Å². The molecule has 19 heavy (non-hydrogen) atoms. The maximum Gasteiger partial charge on any atom is 0.338 e. The van der Waals surface area contributed by atoms with Crippen LogP contribution in [0.5, 0.6) is 0 Å². The first-order valence-electron chi connectivity index (χ1n) is 7.39. The van der Waals surface area contributed by atoms with E-state index in [0.717, 1.165) is 23.7 Å². The highest BCUT2D eigenvalue weighted by Gasteiger charge is 2.48. The minimum Gasteiger partial charge on any atom is -0.462 e. The first-order valence-corrected chi connectivity index (χ1v) is 7.39. The molecule has 0 saturated heterocycles. The van der Waals surface area contributed by atoms with Gasteiger partial charge in [0.2, 0.25) is 0 Å². The van der Waals surface area contributed by atoms with Crippen LogP contribution in [0, 0.1) is 29.6 Å². The lowest BCUT2D eigenvalue weighted by Gasteiger charge is -2.31. The lowest BCUT2D eigenvalue weighted by Crippen LogP contribution is -2.28. The molecule has 2 heteroatoms. The largest absolute Gasteiger partial charge is 0.462 e. The molecule has 1 aromatic carbocycles. The second kappa shape index (κ2) is 4.99. The average molecular weight is 258 g/mol. The summed E-state index contributed by atoms with van der Waals surface area (Å²) in [5.41, 5.74) is 0.659. The zero-order valence-corrected chi connectivity index (χ0v) is 11.7. The van der Waals surface area contributed by atoms with Gasteiger partial charge in [-0.25, -0.2) is 4.79 Å². The Morgan fingerprint density at radius 1 is 1.16 bits per heavy atom. The van der Waals surface area contributed by atoms with Crippen molar-refractivity contribution in [3.63, 3.8) is 0 Å². The topological polar surface area (TPSA) is 26.3 Å². The van der Waals surface area contributed by atoms with Gasteiger partial charge in [0, 0.05) is 0 Å². The predicted octanol–water partition coefficient (Wildman–Crippen LogP) is 3.77. The molecule has 2 bridgehead atoms. The van der Waals surface area contributed by atoms with E-state index in [2.05, 4.69) is 13.8 Å². The van der Waals surface area contributed by atoms with Crippen molar-refractivity contribution in [3.05, 3.63) is 35.9 Å². The molecule has 0 N–H and O–H groups in total. The Hall–Kier alpha value is -1.31. The summed E-state index contributed by atoms with van der Waals surface area (Å²) in [5.74, 6) is 3.68. The average Bonchev–Trinajstić information content (AvgIpc) is 2.98. The Labute approximate surface area is 115 Å². The molecule has 0 aliphatic heterocycles. The SMILES string of the molecule is CC1C(C)[C@H]2C[C@@H]1CC2COC(=O)c1ccccc1. The summed E-state index contributed by atoms with van der Waals surface area (Å²) < 4.78 is 5.51. The van der Waals surface area contributed by atoms with E-state index in [0.29, 0.717) is 18.1 Å². The van der Waals surface area contributed by atoms with Gasteiger partial charge in [-0.1, -0.05) is 32.0 Å². The molecule has 0 heterocycles. The summed E-state index contributed by atoms with van der Waals surface area (Å²) in [7, 11) is 0. The van der Waals surface area contributed by atoms with Crippen LogP contribution in [0.2, 0.25) is 0 Å². The number of hydrogen-bond donors (Lipinski definition) is 0. The highest BCUT2D eigenvalue weighted by atomic mass is 16.5. The van der Waals surface area contributed by atoms with Gasteiger partial charge in [0.15, 0.2) is 0 Å². The van der Waals surface area contributed by atoms with Gasteiger partial charge in [-0.15, -0.1) is 0 Å². The van der Waals surface area contributed by atoms with Crippen molar-refractivity contribution in [2.24, 2.45) is 29.6 Å². The van der Waals surface area contributed by atoms with Gasteiger partial charge in [-0.3, -0.25) is 0 Å². The molecule has 2 saturated carbocycles. The Kier molecular flexibility index (Phi) is 3.34. The number of carbonyl (C=O) groups is 1. The van der Waals surface area contributed by atoms with E-state index in [4.69, 9.17) is 4.74 Å². The van der Waals surface area contributed by atoms with Gasteiger partial charge < -0.3 is 4.74 Å². The predicted molar refractivity (Wildman–Crippen MR) is 74.8 cm³/mol. The lowest BCUT2D eigenvalue weighted by atomic mass is 9.76. The molecule has 3 unspecified atom stereocenters. The second-order valence-electron chi connectivity index (χ2n) is 6.34. The Bertz CT molecular complexity index is 452. The summed E-state index contributed by atoms with van der Waals surface area (Å²) in [4.78, 5) is 11.9. The number of rotatable bonds is 3. The minimum absolute atomic E-state index is 0.177. The van der Waals surface area contributed by atoms with E-state index < -0.39 is 0 Å². The number of carbonyl (C=O) groups excluding carboxylic acids is 1. The van der Waals surface area contributed by atoms with Crippen molar-refractivity contribution in [3.8, 4) is 0 Å². The molecule has 2 aliphatic carbocycles. The monoisotopic (exact) mass is 258 g/mol. The molecular weight excluding hydrogens is 236 g/mol. The second-order valence-corrected chi connectivity index (χ2v) is 6.34. The molecule has 0 amide bonds. The Morgan fingerprint density at radius 3 is 2.53 bits per heavy atom. The fourth-order valence-corrected chi connectivity index (χ4v) is 4.13. The summed E-state index contributed by atoms with van der Waals surface area (Å²) in [6, 6.07) is 9.28. The summed E-state index contributed by atoms with van der Waals surface area (Å²) >= 11 is 0. The molecule has 0 aromatic heterocycles. The Morgan fingerprint density at radius 2 is 1.89 bits per heavy atom. The van der Waals surface area contributed by atoms with E-state index >= 15 is 0 Å². The molecule has 2 aliphatic rings. The van der Waals surface area contributed by atoms with E-state index in [1.54, 1.807) is 0 Å². The third-order valence-corrected chi connectivity index (χ3v) is 5.47. The highest BCUT2D eigenvalue weighted by molar-refractivity contribution is 5.89. The van der Waals surface area contributed by atoms with E-state index in [1.807, 2.05) is 30.3 Å². The van der Waals surface area contributed by atoms with Crippen LogP contribution in [0.15, 0.2) is 30.3 Å². The van der Waals surface area contributed by atoms with Crippen LogP contribution >= 0.6 is 0 Å². The van der Waals surface area contributed by atoms with Gasteiger partial charge in [0.05, 0.1) is 12.2 Å². The van der Waals surface area contributed by atoms with Crippen LogP contribution in [0.25, 0.3) is 0 Å². The van der Waals surface area contributed by atoms with Gasteiger partial charge >= 0.3 is 5.97 Å². The zero-order valence-electron chi connectivity index (χ0n) is 11.7. The molecule has 2 nitrogen and oxygen atoms in total. The molecule has 0 radical (unpaired) electrons. The van der Waals surface area contributed by atoms with Gasteiger partial charge in [0.1, 0.15) is 0 Å². The lowest BCUT2D eigenvalue weighted by molar-refractivity contribution is 0.0337. The van der Waals surface area contributed by atoms with Crippen LogP contribution < -0.4 is 0 Å². The van der Waals surface area contributed by atoms with Crippen LogP contribution in [0.1, 0.15) is 37.0 Å². The number of ether oxygens (including phenoxy) is 1. The fourth-order valence-electron chi connectivity index (χ4n) is 4.13. The quantitative estimate of drug-likeness (QED) is 0.771. The maximum absolute atomic E-state index is 11.9. The summed E-state index contributed by atoms with van der Waals surface area (Å²) in [6.45, 7) is 5.34. The first-order chi connectivity index (χ1) is 9.16. The summed E-state index contributed by atoms with van der Waals surface area (Å²) in [6.07, 6.45) is 2.59. The third-order valence-electron chi connectivity index (χ3n) is 5.47. The van der Waals surface area contributed by atoms with Crippen LogP contribution in [-0.2, 0) is 4.74 Å². The third kappa shape index (κ3) is 2.29. The standard InChI is InChI=1S/C17H22O2/c1-11-12(2)16-9-14(11)8-15(16)10-19-17(18)13-6-4-3-5-7-13/h3-7,11-12,14-16H,8-10H2,1-2H3/t11?,12?,14-,15?,16+/m0/s1. The van der Waals surface area contributed by atoms with Crippen molar-refractivity contribution in [2.75, 3.05) is 6.61 Å². The normalized spacial score (nSPS) is 36.4. The molecule has 102 valence electrons. The summed E-state index contributed by atoms with van der Waals surface area (Å²) in [5, 5.41) is 0. The minimum atomic E-state index is -0.177. The maximum atomic E-state index is 11.9. The number of fused-ring (bicyclic) bond motifs is 2. The van der Waals surface area contributed by atoms with E-state index in [9.17, 15) is 4.79 Å². The van der Waals surface area contributed by atoms with Crippen molar-refractivity contribution >= 4 is 5.97 Å². The van der Waals surface area contributed by atoms with Gasteiger partial charge in [0.25, 0.3) is 0 Å². The number of hydrogen-bond acceptors (Lipinski definition) is 2. The number of benzene rings is 1. The van der Waals surface area contributed by atoms with Crippen molar-refractivity contribution in [1.29, 1.82) is 0 Å². The van der Waals surface area contributed by atoms with Crippen LogP contribution in [0.4, 0.5) is 0 Å². The molecular formula is C17H22O2. The van der Waals surface area contributed by atoms with Gasteiger partial charge in [-0.05, 0) is 54.6 Å². The van der Waals surface area contributed by atoms with E-state index in [1.165, 1.54) is 12.8 Å². The molecule has 0 spiro atoms. The highest BCUT2D eigenvalue weighted by Crippen LogP contribution is 2.54. The first kappa shape index (κ1) is 12.7. The van der Waals surface area contributed by atoms with Gasteiger partial charge in [-0.2, -0.15) is 0 Å². The van der Waals surface area contributed by atoms with Crippen molar-refractivity contribution < 1.29 is 9.53 Å². The molecule has 5 atom stereocenters. The smallest absolute Gasteiger partial charge is 0.338 e. The zero-order chi connectivity index (χ0) is 13.4. The molecule has 1 aromatic rings. The Balaban J connectivity index is 1.56. The van der Waals surface area contributed by atoms with Crippen molar-refractivity contribution in [1.82, 2.24) is 0 Å². The van der Waals surface area contributed by atoms with Crippen molar-refractivity contribution in [2.45, 2.75) is 26.7 Å². The fraction of sp³-hybridized carbons (Fsp3) is 0.588. The molecule has 2 fully saturated rings. The molecule has 3 rings (SSSR count). The number of esters is 1. The van der Waals surface area contributed by atoms with Crippen LogP contribution in [0.3, 0.4) is 0 Å². The van der Waals surface area contributed by atoms with Crippen LogP contribution in [-0.4, -0.2) is 12.6 Å².